The predicted molar refractivity (Wildman–Crippen MR) is 107 cm³/mol. The van der Waals surface area contributed by atoms with E-state index in [-0.39, 0.29) is 5.91 Å². The summed E-state index contributed by atoms with van der Waals surface area (Å²) in [4.78, 5) is 14.9. The highest BCUT2D eigenvalue weighted by Crippen LogP contribution is 2.34. The van der Waals surface area contributed by atoms with Crippen LogP contribution in [0.3, 0.4) is 0 Å². The molecule has 0 fully saturated rings. The zero-order chi connectivity index (χ0) is 18.7. The van der Waals surface area contributed by atoms with Gasteiger partial charge >= 0.3 is 0 Å². The number of carbonyl (C=O) groups is 1. The molecule has 0 aliphatic carbocycles. The third-order valence-corrected chi connectivity index (χ3v) is 5.42. The summed E-state index contributed by atoms with van der Waals surface area (Å²) < 4.78 is 1.85. The van der Waals surface area contributed by atoms with Crippen molar-refractivity contribution < 1.29 is 4.79 Å². The van der Waals surface area contributed by atoms with Crippen molar-refractivity contribution in [3.63, 3.8) is 0 Å². The molecule has 1 heterocycles. The quantitative estimate of drug-likeness (QED) is 0.623. The number of carbonyl (C=O) groups excluding carboxylic acids is 1. The maximum atomic E-state index is 12.8. The maximum absolute atomic E-state index is 12.8. The van der Waals surface area contributed by atoms with Crippen LogP contribution in [0, 0.1) is 13.8 Å². The second-order valence-corrected chi connectivity index (χ2v) is 7.42. The number of benzene rings is 2. The molecule has 0 saturated heterocycles. The van der Waals surface area contributed by atoms with E-state index in [0.29, 0.717) is 10.6 Å². The van der Waals surface area contributed by atoms with Gasteiger partial charge in [-0.15, -0.1) is 0 Å². The SMILES string of the molecule is CCn1nc(C)c(C(=O)Nc2ccccc2Sc2ccc(Cl)cc2)c1C. The molecule has 3 rings (SSSR count). The molecule has 4 nitrogen and oxygen atoms in total. The Labute approximate surface area is 162 Å². The van der Waals surface area contributed by atoms with E-state index in [1.54, 1.807) is 11.8 Å². The van der Waals surface area contributed by atoms with Crippen LogP contribution in [-0.2, 0) is 6.54 Å². The summed E-state index contributed by atoms with van der Waals surface area (Å²) in [6.45, 7) is 6.54. The minimum atomic E-state index is -0.135. The molecule has 0 aliphatic heterocycles. The summed E-state index contributed by atoms with van der Waals surface area (Å²) in [6, 6.07) is 15.4. The van der Waals surface area contributed by atoms with Crippen LogP contribution < -0.4 is 5.32 Å². The standard InChI is InChI=1S/C20H20ClN3OS/c1-4-24-14(3)19(13(2)23-24)20(25)22-17-7-5-6-8-18(17)26-16-11-9-15(21)10-12-16/h5-12H,4H2,1-3H3,(H,22,25). The summed E-state index contributed by atoms with van der Waals surface area (Å²) in [7, 11) is 0. The second kappa shape index (κ2) is 7.98. The molecule has 134 valence electrons. The van der Waals surface area contributed by atoms with Crippen molar-refractivity contribution >= 4 is 35.0 Å². The highest BCUT2D eigenvalue weighted by atomic mass is 35.5. The van der Waals surface area contributed by atoms with Crippen LogP contribution in [-0.4, -0.2) is 15.7 Å². The number of anilines is 1. The molecule has 1 amide bonds. The molecule has 1 aromatic heterocycles. The number of hydrogen-bond acceptors (Lipinski definition) is 3. The molecule has 0 unspecified atom stereocenters. The number of amides is 1. The molecule has 0 atom stereocenters. The van der Waals surface area contributed by atoms with Gasteiger partial charge in [0.05, 0.1) is 16.9 Å². The average Bonchev–Trinajstić information content (AvgIpc) is 2.92. The third-order valence-electron chi connectivity index (χ3n) is 4.08. The lowest BCUT2D eigenvalue weighted by Gasteiger charge is -2.11. The molecule has 26 heavy (non-hydrogen) atoms. The van der Waals surface area contributed by atoms with Crippen LogP contribution in [0.2, 0.25) is 5.02 Å². The minimum absolute atomic E-state index is 0.135. The molecule has 0 aliphatic rings. The van der Waals surface area contributed by atoms with E-state index in [1.807, 2.05) is 74.0 Å². The van der Waals surface area contributed by atoms with Gasteiger partial charge in [-0.2, -0.15) is 5.10 Å². The van der Waals surface area contributed by atoms with Gasteiger partial charge in [-0.3, -0.25) is 9.48 Å². The second-order valence-electron chi connectivity index (χ2n) is 5.87. The van der Waals surface area contributed by atoms with Crippen molar-refractivity contribution in [2.24, 2.45) is 0 Å². The molecule has 6 heteroatoms. The Morgan fingerprint density at radius 3 is 2.50 bits per heavy atom. The first-order valence-electron chi connectivity index (χ1n) is 8.37. The molecule has 0 saturated carbocycles. The highest BCUT2D eigenvalue weighted by Gasteiger charge is 2.19. The number of aryl methyl sites for hydroxylation is 2. The summed E-state index contributed by atoms with van der Waals surface area (Å²) in [5, 5.41) is 8.17. The van der Waals surface area contributed by atoms with Gasteiger partial charge < -0.3 is 5.32 Å². The van der Waals surface area contributed by atoms with Gasteiger partial charge in [-0.1, -0.05) is 35.5 Å². The number of hydrogen-bond donors (Lipinski definition) is 1. The number of nitrogens with zero attached hydrogens (tertiary/aromatic N) is 2. The Bertz CT molecular complexity index is 935. The average molecular weight is 386 g/mol. The van der Waals surface area contributed by atoms with E-state index >= 15 is 0 Å². The first-order chi connectivity index (χ1) is 12.5. The number of nitrogens with one attached hydrogen (secondary N) is 1. The van der Waals surface area contributed by atoms with Gasteiger partial charge in [-0.25, -0.2) is 0 Å². The van der Waals surface area contributed by atoms with Gasteiger partial charge in [0.1, 0.15) is 0 Å². The third kappa shape index (κ3) is 3.94. The first-order valence-corrected chi connectivity index (χ1v) is 9.57. The van der Waals surface area contributed by atoms with Gasteiger partial charge in [0.25, 0.3) is 5.91 Å². The number of halogens is 1. The number of rotatable bonds is 5. The van der Waals surface area contributed by atoms with Crippen LogP contribution >= 0.6 is 23.4 Å². The van der Waals surface area contributed by atoms with Crippen molar-refractivity contribution in [2.45, 2.75) is 37.1 Å². The zero-order valence-electron chi connectivity index (χ0n) is 14.9. The molecule has 0 radical (unpaired) electrons. The minimum Gasteiger partial charge on any atom is -0.321 e. The van der Waals surface area contributed by atoms with Crippen LogP contribution in [0.5, 0.6) is 0 Å². The first kappa shape index (κ1) is 18.5. The van der Waals surface area contributed by atoms with Gasteiger partial charge in [0, 0.05) is 27.1 Å². The van der Waals surface area contributed by atoms with Crippen molar-refractivity contribution in [3.05, 3.63) is 70.5 Å². The fraction of sp³-hybridized carbons (Fsp3) is 0.200. The Kier molecular flexibility index (Phi) is 5.69. The lowest BCUT2D eigenvalue weighted by molar-refractivity contribution is 0.102. The summed E-state index contributed by atoms with van der Waals surface area (Å²) in [6.07, 6.45) is 0. The Morgan fingerprint density at radius 2 is 1.85 bits per heavy atom. The lowest BCUT2D eigenvalue weighted by Crippen LogP contribution is -2.14. The zero-order valence-corrected chi connectivity index (χ0v) is 16.5. The van der Waals surface area contributed by atoms with Crippen molar-refractivity contribution in [3.8, 4) is 0 Å². The van der Waals surface area contributed by atoms with Gasteiger partial charge in [0.2, 0.25) is 0 Å². The Morgan fingerprint density at radius 1 is 1.15 bits per heavy atom. The lowest BCUT2D eigenvalue weighted by atomic mass is 10.2. The van der Waals surface area contributed by atoms with Crippen molar-refractivity contribution in [2.75, 3.05) is 5.32 Å². The van der Waals surface area contributed by atoms with Crippen molar-refractivity contribution in [1.29, 1.82) is 0 Å². The molecule has 2 aromatic carbocycles. The smallest absolute Gasteiger partial charge is 0.259 e. The van der Waals surface area contributed by atoms with Gasteiger partial charge in [0.15, 0.2) is 0 Å². The normalized spacial score (nSPS) is 10.8. The molecule has 3 aromatic rings. The van der Waals surface area contributed by atoms with Crippen LogP contribution in [0.1, 0.15) is 28.7 Å². The molecular weight excluding hydrogens is 366 g/mol. The Hall–Kier alpha value is -2.24. The van der Waals surface area contributed by atoms with E-state index in [4.69, 9.17) is 11.6 Å². The predicted octanol–water partition coefficient (Wildman–Crippen LogP) is 5.58. The van der Waals surface area contributed by atoms with E-state index < -0.39 is 0 Å². The summed E-state index contributed by atoms with van der Waals surface area (Å²) >= 11 is 7.54. The van der Waals surface area contributed by atoms with E-state index in [1.165, 1.54) is 0 Å². The molecule has 0 bridgehead atoms. The van der Waals surface area contributed by atoms with Crippen LogP contribution in [0.15, 0.2) is 58.3 Å². The summed E-state index contributed by atoms with van der Waals surface area (Å²) in [5.41, 5.74) is 3.04. The number of para-hydroxylation sites is 1. The molecule has 0 spiro atoms. The van der Waals surface area contributed by atoms with Gasteiger partial charge in [-0.05, 0) is 57.2 Å². The number of aromatic nitrogens is 2. The van der Waals surface area contributed by atoms with Crippen LogP contribution in [0.25, 0.3) is 0 Å². The van der Waals surface area contributed by atoms with E-state index in [0.717, 1.165) is 33.4 Å². The highest BCUT2D eigenvalue weighted by molar-refractivity contribution is 7.99. The molecule has 1 N–H and O–H groups in total. The van der Waals surface area contributed by atoms with Crippen molar-refractivity contribution in [1.82, 2.24) is 9.78 Å². The Balaban J connectivity index is 1.85. The fourth-order valence-corrected chi connectivity index (χ4v) is 3.83. The fourth-order valence-electron chi connectivity index (χ4n) is 2.81. The van der Waals surface area contributed by atoms with Crippen LogP contribution in [0.4, 0.5) is 5.69 Å². The summed E-state index contributed by atoms with van der Waals surface area (Å²) in [5.74, 6) is -0.135. The maximum Gasteiger partial charge on any atom is 0.259 e. The molecular formula is C20H20ClN3OS. The van der Waals surface area contributed by atoms with E-state index in [9.17, 15) is 4.79 Å². The largest absolute Gasteiger partial charge is 0.321 e. The topological polar surface area (TPSA) is 46.9 Å². The monoisotopic (exact) mass is 385 g/mol. The van der Waals surface area contributed by atoms with E-state index in [2.05, 4.69) is 10.4 Å².